The molecule has 0 amide bonds. The number of benzene rings is 7. The number of para-hydroxylation sites is 1. The highest BCUT2D eigenvalue weighted by Crippen LogP contribution is 2.42. The molecule has 0 aliphatic rings. The summed E-state index contributed by atoms with van der Waals surface area (Å²) in [6.45, 7) is 0. The lowest BCUT2D eigenvalue weighted by atomic mass is 9.91. The van der Waals surface area contributed by atoms with E-state index in [2.05, 4.69) is 169 Å². The molecule has 42 heavy (non-hydrogen) atoms. The minimum Gasteiger partial charge on any atom is -0.310 e. The van der Waals surface area contributed by atoms with Gasteiger partial charge in [-0.2, -0.15) is 0 Å². The van der Waals surface area contributed by atoms with Gasteiger partial charge in [-0.1, -0.05) is 103 Å². The summed E-state index contributed by atoms with van der Waals surface area (Å²) in [6, 6.07) is 59.2. The average molecular weight is 554 g/mol. The molecule has 198 valence electrons. The minimum absolute atomic E-state index is 1.13. The monoisotopic (exact) mass is 553 g/mol. The summed E-state index contributed by atoms with van der Waals surface area (Å²) in [4.78, 5) is 2.36. The van der Waals surface area contributed by atoms with Crippen LogP contribution in [0.15, 0.2) is 164 Å². The van der Waals surface area contributed by atoms with E-state index in [1.165, 1.54) is 53.2 Å². The van der Waals surface area contributed by atoms with Crippen LogP contribution in [0, 0.1) is 0 Å². The molecule has 0 fully saturated rings. The lowest BCUT2D eigenvalue weighted by molar-refractivity contribution is 1.29. The van der Waals surface area contributed by atoms with Crippen LogP contribution in [0.4, 0.5) is 17.1 Å². The second-order valence-electron chi connectivity index (χ2n) is 10.6. The Bertz CT molecular complexity index is 2180. The molecule has 0 N–H and O–H groups in total. The first-order chi connectivity index (χ1) is 20.8. The van der Waals surface area contributed by atoms with Crippen LogP contribution in [0.2, 0.25) is 0 Å². The zero-order valence-corrected chi connectivity index (χ0v) is 23.8. The van der Waals surface area contributed by atoms with E-state index in [0.717, 1.165) is 17.1 Å². The fourth-order valence-corrected chi connectivity index (χ4v) is 7.09. The molecule has 0 spiro atoms. The van der Waals surface area contributed by atoms with Crippen LogP contribution in [-0.4, -0.2) is 0 Å². The Balaban J connectivity index is 1.26. The summed E-state index contributed by atoms with van der Waals surface area (Å²) >= 11 is 1.85. The van der Waals surface area contributed by atoms with Crippen molar-refractivity contribution in [2.75, 3.05) is 4.90 Å². The molecule has 0 unspecified atom stereocenters. The highest BCUT2D eigenvalue weighted by molar-refractivity contribution is 7.25. The molecular weight excluding hydrogens is 527 g/mol. The van der Waals surface area contributed by atoms with Gasteiger partial charge in [-0.25, -0.2) is 0 Å². The second kappa shape index (κ2) is 10.3. The topological polar surface area (TPSA) is 3.24 Å². The number of fused-ring (bicyclic) bond motifs is 4. The van der Waals surface area contributed by atoms with E-state index in [-0.39, 0.29) is 0 Å². The van der Waals surface area contributed by atoms with Crippen molar-refractivity contribution in [2.24, 2.45) is 0 Å². The first-order valence-electron chi connectivity index (χ1n) is 14.3. The number of nitrogens with zero attached hydrogens (tertiary/aromatic N) is 1. The fourth-order valence-electron chi connectivity index (χ4n) is 6.00. The van der Waals surface area contributed by atoms with Crippen molar-refractivity contribution in [3.05, 3.63) is 164 Å². The van der Waals surface area contributed by atoms with Crippen LogP contribution < -0.4 is 4.90 Å². The summed E-state index contributed by atoms with van der Waals surface area (Å²) < 4.78 is 2.64. The van der Waals surface area contributed by atoms with Crippen molar-refractivity contribution < 1.29 is 0 Å². The van der Waals surface area contributed by atoms with E-state index in [4.69, 9.17) is 0 Å². The highest BCUT2D eigenvalue weighted by atomic mass is 32.1. The maximum Gasteiger partial charge on any atom is 0.0468 e. The van der Waals surface area contributed by atoms with E-state index in [1.807, 2.05) is 11.3 Å². The van der Waals surface area contributed by atoms with E-state index >= 15 is 0 Å². The molecule has 1 nitrogen and oxygen atoms in total. The van der Waals surface area contributed by atoms with Crippen molar-refractivity contribution in [3.63, 3.8) is 0 Å². The Morgan fingerprint density at radius 1 is 0.357 bits per heavy atom. The van der Waals surface area contributed by atoms with Gasteiger partial charge >= 0.3 is 0 Å². The fraction of sp³-hybridized carbons (Fsp3) is 0. The molecule has 0 atom stereocenters. The maximum atomic E-state index is 2.36. The zero-order valence-electron chi connectivity index (χ0n) is 22.9. The number of rotatable bonds is 5. The first-order valence-corrected chi connectivity index (χ1v) is 15.1. The Hall–Kier alpha value is -5.18. The summed E-state index contributed by atoms with van der Waals surface area (Å²) in [6.07, 6.45) is 0. The van der Waals surface area contributed by atoms with E-state index < -0.39 is 0 Å². The SMILES string of the molecule is c1ccc(-c2cc3ccccc3cc2-c2ccc(N(c3ccccc3)c3ccc4sc5ccccc5c4c3)cc2)cc1. The van der Waals surface area contributed by atoms with E-state index in [1.54, 1.807) is 0 Å². The third-order valence-corrected chi connectivity index (χ3v) is 9.19. The zero-order chi connectivity index (χ0) is 27.9. The van der Waals surface area contributed by atoms with Crippen molar-refractivity contribution in [2.45, 2.75) is 0 Å². The van der Waals surface area contributed by atoms with Gasteiger partial charge in [0.2, 0.25) is 0 Å². The Labute approximate surface area is 249 Å². The Morgan fingerprint density at radius 3 is 1.60 bits per heavy atom. The van der Waals surface area contributed by atoms with Gasteiger partial charge in [-0.05, 0) is 93.7 Å². The van der Waals surface area contributed by atoms with Gasteiger partial charge in [0.25, 0.3) is 0 Å². The van der Waals surface area contributed by atoms with Crippen molar-refractivity contribution in [1.29, 1.82) is 0 Å². The maximum absolute atomic E-state index is 2.36. The number of hydrogen-bond acceptors (Lipinski definition) is 2. The molecule has 0 saturated carbocycles. The number of hydrogen-bond donors (Lipinski definition) is 0. The lowest BCUT2D eigenvalue weighted by Crippen LogP contribution is -2.09. The summed E-state index contributed by atoms with van der Waals surface area (Å²) in [7, 11) is 0. The predicted molar refractivity (Wildman–Crippen MR) is 182 cm³/mol. The standard InChI is InChI=1S/C40H27NS/c1-3-11-28(12-4-1)36-25-30-13-7-8-14-31(30)26-37(36)29-19-21-33(22-20-29)41(32-15-5-2-6-16-32)34-23-24-40-38(27-34)35-17-9-10-18-39(35)42-40/h1-27H. The van der Waals surface area contributed by atoms with Crippen molar-refractivity contribution in [3.8, 4) is 22.3 Å². The summed E-state index contributed by atoms with van der Waals surface area (Å²) in [5.41, 5.74) is 8.34. The Morgan fingerprint density at radius 2 is 0.881 bits per heavy atom. The van der Waals surface area contributed by atoms with Gasteiger partial charge in [0.1, 0.15) is 0 Å². The molecule has 0 aliphatic heterocycles. The Kier molecular flexibility index (Phi) is 6.05. The molecule has 0 radical (unpaired) electrons. The molecule has 1 aromatic heterocycles. The van der Waals surface area contributed by atoms with Crippen LogP contribution in [0.25, 0.3) is 53.2 Å². The molecule has 1 heterocycles. The average Bonchev–Trinajstić information content (AvgIpc) is 3.44. The molecule has 8 aromatic rings. The van der Waals surface area contributed by atoms with E-state index in [9.17, 15) is 0 Å². The van der Waals surface area contributed by atoms with Crippen LogP contribution in [0.1, 0.15) is 0 Å². The largest absolute Gasteiger partial charge is 0.310 e. The minimum atomic E-state index is 1.13. The molecule has 7 aromatic carbocycles. The van der Waals surface area contributed by atoms with Gasteiger partial charge in [-0.15, -0.1) is 11.3 Å². The predicted octanol–water partition coefficient (Wildman–Crippen LogP) is 12.0. The first kappa shape index (κ1) is 24.6. The summed E-state index contributed by atoms with van der Waals surface area (Å²) in [5, 5.41) is 5.11. The van der Waals surface area contributed by atoms with Crippen LogP contribution in [0.3, 0.4) is 0 Å². The molecular formula is C40H27NS. The van der Waals surface area contributed by atoms with Gasteiger partial charge < -0.3 is 4.90 Å². The van der Waals surface area contributed by atoms with E-state index in [0.29, 0.717) is 0 Å². The summed E-state index contributed by atoms with van der Waals surface area (Å²) in [5.74, 6) is 0. The lowest BCUT2D eigenvalue weighted by Gasteiger charge is -2.26. The number of anilines is 3. The van der Waals surface area contributed by atoms with Gasteiger partial charge in [0.05, 0.1) is 0 Å². The molecule has 0 bridgehead atoms. The smallest absolute Gasteiger partial charge is 0.0468 e. The van der Waals surface area contributed by atoms with Crippen LogP contribution in [-0.2, 0) is 0 Å². The van der Waals surface area contributed by atoms with Gasteiger partial charge in [0, 0.05) is 37.2 Å². The second-order valence-corrected chi connectivity index (χ2v) is 11.7. The highest BCUT2D eigenvalue weighted by Gasteiger charge is 2.16. The number of thiophene rings is 1. The molecule has 0 saturated heterocycles. The van der Waals surface area contributed by atoms with Gasteiger partial charge in [-0.3, -0.25) is 0 Å². The molecule has 0 aliphatic carbocycles. The molecule has 2 heteroatoms. The third kappa shape index (κ3) is 4.34. The van der Waals surface area contributed by atoms with Crippen molar-refractivity contribution >= 4 is 59.3 Å². The van der Waals surface area contributed by atoms with Crippen LogP contribution in [0.5, 0.6) is 0 Å². The van der Waals surface area contributed by atoms with Gasteiger partial charge in [0.15, 0.2) is 0 Å². The normalized spacial score (nSPS) is 11.3. The van der Waals surface area contributed by atoms with Crippen LogP contribution >= 0.6 is 11.3 Å². The third-order valence-electron chi connectivity index (χ3n) is 8.04. The van der Waals surface area contributed by atoms with Crippen molar-refractivity contribution in [1.82, 2.24) is 0 Å². The molecule has 8 rings (SSSR count). The quantitative estimate of drug-likeness (QED) is 0.205.